The first-order valence-electron chi connectivity index (χ1n) is 4.26. The fourth-order valence-corrected chi connectivity index (χ4v) is 1.27. The second-order valence-electron chi connectivity index (χ2n) is 2.47. The van der Waals surface area contributed by atoms with Crippen molar-refractivity contribution in [3.8, 4) is 5.75 Å². The van der Waals surface area contributed by atoms with Crippen LogP contribution in [0.1, 0.15) is 6.92 Å². The summed E-state index contributed by atoms with van der Waals surface area (Å²) >= 11 is 3.32. The molecule has 0 saturated heterocycles. The Kier molecular flexibility index (Phi) is 4.86. The summed E-state index contributed by atoms with van der Waals surface area (Å²) in [7, 11) is 0. The van der Waals surface area contributed by atoms with Gasteiger partial charge in [-0.2, -0.15) is 0 Å². The van der Waals surface area contributed by atoms with Crippen molar-refractivity contribution in [1.82, 2.24) is 0 Å². The maximum Gasteiger partial charge on any atom is 0.209 e. The molecule has 0 heterocycles. The Balaban J connectivity index is 2.46. The highest BCUT2D eigenvalue weighted by atomic mass is 79.9. The van der Waals surface area contributed by atoms with E-state index in [4.69, 9.17) is 9.47 Å². The van der Waals surface area contributed by atoms with Crippen LogP contribution in [0.15, 0.2) is 30.3 Å². The minimum absolute atomic E-state index is 0.201. The largest absolute Gasteiger partial charge is 0.464 e. The fraction of sp³-hybridized carbons (Fsp3) is 0.400. The molecule has 1 rings (SSSR count). The lowest BCUT2D eigenvalue weighted by molar-refractivity contribution is -0.0569. The molecule has 3 heteroatoms. The summed E-state index contributed by atoms with van der Waals surface area (Å²) in [5.41, 5.74) is 0. The molecule has 72 valence electrons. The van der Waals surface area contributed by atoms with E-state index >= 15 is 0 Å². The quantitative estimate of drug-likeness (QED) is 0.586. The third-order valence-electron chi connectivity index (χ3n) is 1.49. The lowest BCUT2D eigenvalue weighted by atomic mass is 10.3. The van der Waals surface area contributed by atoms with E-state index in [1.807, 2.05) is 37.3 Å². The minimum atomic E-state index is -0.201. The Morgan fingerprint density at radius 1 is 1.31 bits per heavy atom. The van der Waals surface area contributed by atoms with Gasteiger partial charge < -0.3 is 9.47 Å². The molecule has 1 aromatic rings. The van der Waals surface area contributed by atoms with Gasteiger partial charge >= 0.3 is 0 Å². The predicted octanol–water partition coefficient (Wildman–Crippen LogP) is 2.82. The molecule has 1 atom stereocenters. The van der Waals surface area contributed by atoms with Crippen molar-refractivity contribution in [2.24, 2.45) is 0 Å². The average molecular weight is 245 g/mol. The number of para-hydroxylation sites is 1. The molecular formula is C10H13BrO2. The summed E-state index contributed by atoms with van der Waals surface area (Å²) in [6, 6.07) is 9.65. The molecular weight excluding hydrogens is 232 g/mol. The first-order chi connectivity index (χ1) is 6.36. The van der Waals surface area contributed by atoms with E-state index in [0.29, 0.717) is 11.9 Å². The van der Waals surface area contributed by atoms with Crippen LogP contribution >= 0.6 is 15.9 Å². The molecule has 2 nitrogen and oxygen atoms in total. The Bertz CT molecular complexity index is 226. The molecule has 0 N–H and O–H groups in total. The summed E-state index contributed by atoms with van der Waals surface area (Å²) in [6.45, 7) is 2.60. The van der Waals surface area contributed by atoms with Crippen molar-refractivity contribution in [3.05, 3.63) is 30.3 Å². The minimum Gasteiger partial charge on any atom is -0.464 e. The lowest BCUT2D eigenvalue weighted by Crippen LogP contribution is -2.21. The highest BCUT2D eigenvalue weighted by Crippen LogP contribution is 2.12. The van der Waals surface area contributed by atoms with Crippen molar-refractivity contribution in [2.75, 3.05) is 11.9 Å². The first kappa shape index (κ1) is 10.5. The Hall–Kier alpha value is -0.540. The number of alkyl halides is 1. The molecule has 0 saturated carbocycles. The molecule has 0 aliphatic heterocycles. The molecule has 0 fully saturated rings. The van der Waals surface area contributed by atoms with Crippen LogP contribution in [-0.2, 0) is 4.74 Å². The smallest absolute Gasteiger partial charge is 0.209 e. The van der Waals surface area contributed by atoms with Gasteiger partial charge in [-0.3, -0.25) is 0 Å². The number of rotatable bonds is 5. The predicted molar refractivity (Wildman–Crippen MR) is 56.3 cm³/mol. The van der Waals surface area contributed by atoms with Crippen LogP contribution in [0, 0.1) is 0 Å². The van der Waals surface area contributed by atoms with Crippen LogP contribution in [0.5, 0.6) is 5.75 Å². The number of halogens is 1. The molecule has 0 aliphatic carbocycles. The van der Waals surface area contributed by atoms with Crippen molar-refractivity contribution in [1.29, 1.82) is 0 Å². The average Bonchev–Trinajstić information content (AvgIpc) is 2.19. The van der Waals surface area contributed by atoms with Crippen LogP contribution in [0.4, 0.5) is 0 Å². The van der Waals surface area contributed by atoms with E-state index in [1.54, 1.807) is 0 Å². The van der Waals surface area contributed by atoms with E-state index in [0.717, 1.165) is 5.75 Å². The molecule has 13 heavy (non-hydrogen) atoms. The van der Waals surface area contributed by atoms with Gasteiger partial charge in [-0.1, -0.05) is 34.1 Å². The summed E-state index contributed by atoms with van der Waals surface area (Å²) < 4.78 is 10.9. The van der Waals surface area contributed by atoms with E-state index in [2.05, 4.69) is 15.9 Å². The molecule has 0 aromatic heterocycles. The number of ether oxygens (including phenoxy) is 2. The second kappa shape index (κ2) is 6.00. The standard InChI is InChI=1S/C10H13BrO2/c1-2-12-10(8-11)13-9-6-4-3-5-7-9/h3-7,10H,2,8H2,1H3/t10-/m0/s1. The monoisotopic (exact) mass is 244 g/mol. The molecule has 0 aliphatic rings. The van der Waals surface area contributed by atoms with Gasteiger partial charge in [0.05, 0.1) is 5.33 Å². The third-order valence-corrected chi connectivity index (χ3v) is 2.02. The van der Waals surface area contributed by atoms with Crippen molar-refractivity contribution < 1.29 is 9.47 Å². The van der Waals surface area contributed by atoms with Crippen molar-refractivity contribution in [3.63, 3.8) is 0 Å². The molecule has 0 spiro atoms. The Morgan fingerprint density at radius 3 is 2.54 bits per heavy atom. The lowest BCUT2D eigenvalue weighted by Gasteiger charge is -2.16. The number of hydrogen-bond donors (Lipinski definition) is 0. The normalized spacial score (nSPS) is 12.5. The van der Waals surface area contributed by atoms with E-state index in [1.165, 1.54) is 0 Å². The van der Waals surface area contributed by atoms with Gasteiger partial charge in [0.25, 0.3) is 0 Å². The van der Waals surface area contributed by atoms with Gasteiger partial charge in [0.2, 0.25) is 6.29 Å². The van der Waals surface area contributed by atoms with Crippen LogP contribution < -0.4 is 4.74 Å². The highest BCUT2D eigenvalue weighted by Gasteiger charge is 2.06. The van der Waals surface area contributed by atoms with E-state index < -0.39 is 0 Å². The van der Waals surface area contributed by atoms with Crippen LogP contribution in [0.25, 0.3) is 0 Å². The highest BCUT2D eigenvalue weighted by molar-refractivity contribution is 9.09. The summed E-state index contributed by atoms with van der Waals surface area (Å²) in [5, 5.41) is 0.676. The summed E-state index contributed by atoms with van der Waals surface area (Å²) in [5.74, 6) is 0.834. The maximum atomic E-state index is 5.53. The maximum absolute atomic E-state index is 5.53. The van der Waals surface area contributed by atoms with Gasteiger partial charge in [0.1, 0.15) is 5.75 Å². The van der Waals surface area contributed by atoms with Gasteiger partial charge in [-0.15, -0.1) is 0 Å². The van der Waals surface area contributed by atoms with Crippen LogP contribution in [0.3, 0.4) is 0 Å². The Morgan fingerprint density at radius 2 is 2.00 bits per heavy atom. The van der Waals surface area contributed by atoms with Gasteiger partial charge in [-0.05, 0) is 19.1 Å². The zero-order chi connectivity index (χ0) is 9.52. The molecule has 0 radical (unpaired) electrons. The summed E-state index contributed by atoms with van der Waals surface area (Å²) in [4.78, 5) is 0. The molecule has 0 unspecified atom stereocenters. The van der Waals surface area contributed by atoms with Crippen LogP contribution in [0.2, 0.25) is 0 Å². The zero-order valence-electron chi connectivity index (χ0n) is 7.57. The SMILES string of the molecule is CCO[C@H](CBr)Oc1ccccc1. The summed E-state index contributed by atoms with van der Waals surface area (Å²) in [6.07, 6.45) is -0.201. The zero-order valence-corrected chi connectivity index (χ0v) is 9.16. The third kappa shape index (κ3) is 3.79. The molecule has 1 aromatic carbocycles. The first-order valence-corrected chi connectivity index (χ1v) is 5.38. The molecule has 0 bridgehead atoms. The fourth-order valence-electron chi connectivity index (χ4n) is 0.947. The van der Waals surface area contributed by atoms with E-state index in [-0.39, 0.29) is 6.29 Å². The second-order valence-corrected chi connectivity index (χ2v) is 3.12. The van der Waals surface area contributed by atoms with Crippen molar-refractivity contribution in [2.45, 2.75) is 13.2 Å². The van der Waals surface area contributed by atoms with Gasteiger partial charge in [0.15, 0.2) is 0 Å². The number of hydrogen-bond acceptors (Lipinski definition) is 2. The topological polar surface area (TPSA) is 18.5 Å². The van der Waals surface area contributed by atoms with Crippen LogP contribution in [-0.4, -0.2) is 18.2 Å². The molecule has 0 amide bonds. The van der Waals surface area contributed by atoms with Gasteiger partial charge in [-0.25, -0.2) is 0 Å². The Labute approximate surface area is 87.0 Å². The van der Waals surface area contributed by atoms with Gasteiger partial charge in [0, 0.05) is 6.61 Å². The van der Waals surface area contributed by atoms with E-state index in [9.17, 15) is 0 Å². The van der Waals surface area contributed by atoms with Crippen molar-refractivity contribution >= 4 is 15.9 Å². The number of benzene rings is 1.